The van der Waals surface area contributed by atoms with E-state index in [1.807, 2.05) is 0 Å². The van der Waals surface area contributed by atoms with Crippen molar-refractivity contribution < 1.29 is 41.5 Å². The maximum Gasteiger partial charge on any atom is 0.435 e. The molecule has 0 aliphatic carbocycles. The molecule has 1 fully saturated rings. The number of piperidine rings is 1. The van der Waals surface area contributed by atoms with E-state index in [2.05, 4.69) is 15.4 Å². The van der Waals surface area contributed by atoms with Gasteiger partial charge in [-0.3, -0.25) is 23.9 Å². The van der Waals surface area contributed by atoms with Crippen molar-refractivity contribution in [3.63, 3.8) is 0 Å². The highest BCUT2D eigenvalue weighted by Crippen LogP contribution is 2.32. The van der Waals surface area contributed by atoms with Crippen LogP contribution in [0.15, 0.2) is 35.7 Å². The van der Waals surface area contributed by atoms with Gasteiger partial charge < -0.3 is 15.0 Å². The Balaban J connectivity index is 1.36. The summed E-state index contributed by atoms with van der Waals surface area (Å²) in [6.45, 7) is 3.33. The molecule has 0 spiro atoms. The summed E-state index contributed by atoms with van der Waals surface area (Å²) in [6, 6.07) is 5.32. The minimum atomic E-state index is -4.60. The summed E-state index contributed by atoms with van der Waals surface area (Å²) in [4.78, 5) is 57.1. The van der Waals surface area contributed by atoms with Crippen molar-refractivity contribution in [1.82, 2.24) is 19.7 Å². The molecule has 10 nitrogen and oxygen atoms in total. The molecule has 1 aliphatic rings. The van der Waals surface area contributed by atoms with Gasteiger partial charge in [0.15, 0.2) is 17.4 Å². The Hall–Kier alpha value is -4.14. The number of likely N-dealkylation sites (tertiary alicyclic amines) is 1. The summed E-state index contributed by atoms with van der Waals surface area (Å²) in [5, 5.41) is 8.23. The number of halogens is 4. The number of amides is 2. The molecule has 1 atom stereocenters. The molecule has 3 heterocycles. The van der Waals surface area contributed by atoms with E-state index in [4.69, 9.17) is 4.74 Å². The fraction of sp³-hybridized carbons (Fsp3) is 0.407. The van der Waals surface area contributed by atoms with E-state index in [1.54, 1.807) is 10.3 Å². The quantitative estimate of drug-likeness (QED) is 0.167. The van der Waals surface area contributed by atoms with Gasteiger partial charge in [0.1, 0.15) is 18.2 Å². The van der Waals surface area contributed by atoms with Gasteiger partial charge in [0, 0.05) is 35.6 Å². The van der Waals surface area contributed by atoms with Crippen molar-refractivity contribution in [1.29, 1.82) is 0 Å². The van der Waals surface area contributed by atoms with Gasteiger partial charge in [-0.05, 0) is 57.0 Å². The van der Waals surface area contributed by atoms with Gasteiger partial charge in [0.05, 0.1) is 11.6 Å². The van der Waals surface area contributed by atoms with Crippen LogP contribution in [-0.4, -0.2) is 62.9 Å². The van der Waals surface area contributed by atoms with E-state index in [-0.39, 0.29) is 42.1 Å². The molecule has 224 valence electrons. The van der Waals surface area contributed by atoms with Crippen molar-refractivity contribution in [3.05, 3.63) is 63.5 Å². The number of aryl methyl sites for hydroxylation is 1. The van der Waals surface area contributed by atoms with Gasteiger partial charge in [0.2, 0.25) is 11.8 Å². The number of thiazole rings is 1. The van der Waals surface area contributed by atoms with Crippen LogP contribution in [0.4, 0.5) is 23.4 Å². The van der Waals surface area contributed by atoms with Crippen LogP contribution in [-0.2, 0) is 31.8 Å². The summed E-state index contributed by atoms with van der Waals surface area (Å²) >= 11 is 1.26. The summed E-state index contributed by atoms with van der Waals surface area (Å²) in [7, 11) is 0. The van der Waals surface area contributed by atoms with Crippen LogP contribution in [0.5, 0.6) is 0 Å². The average molecular weight is 610 g/mol. The normalized spacial score (nSPS) is 14.9. The third-order valence-electron chi connectivity index (χ3n) is 6.70. The number of benzene rings is 1. The summed E-state index contributed by atoms with van der Waals surface area (Å²) in [5.74, 6) is -5.50. The molecule has 1 unspecified atom stereocenters. The molecule has 1 N–H and O–H groups in total. The summed E-state index contributed by atoms with van der Waals surface area (Å²) < 4.78 is 58.0. The zero-order valence-corrected chi connectivity index (χ0v) is 23.4. The molecule has 0 radical (unpaired) electrons. The first-order valence-corrected chi connectivity index (χ1v) is 13.9. The Bertz CT molecular complexity index is 1460. The fourth-order valence-electron chi connectivity index (χ4n) is 4.48. The standard InChI is InChI=1S/C27H27F4N5O5S/c1-3-41-26(40)22(23(38)16-4-6-18(28)7-5-16)24(39)32-20-14-42-25(33-20)17-8-10-35(11-9-17)21(37)13-36-15(2)12-19(34-36)27(29,30)31/h4-7,12,14,17,22H,3,8-11,13H2,1-2H3,(H,32,39). The van der Waals surface area contributed by atoms with Crippen LogP contribution in [0.3, 0.4) is 0 Å². The lowest BCUT2D eigenvalue weighted by atomic mass is 9.96. The first-order valence-electron chi connectivity index (χ1n) is 13.0. The van der Waals surface area contributed by atoms with Crippen molar-refractivity contribution in [2.24, 2.45) is 5.92 Å². The zero-order valence-electron chi connectivity index (χ0n) is 22.6. The molecule has 15 heteroatoms. The van der Waals surface area contributed by atoms with Gasteiger partial charge in [-0.2, -0.15) is 18.3 Å². The molecular formula is C27H27F4N5O5S. The number of aromatic nitrogens is 3. The number of anilines is 1. The molecule has 42 heavy (non-hydrogen) atoms. The first-order chi connectivity index (χ1) is 19.9. The second kappa shape index (κ2) is 12.8. The lowest BCUT2D eigenvalue weighted by Gasteiger charge is -2.31. The van der Waals surface area contributed by atoms with Crippen molar-refractivity contribution in [3.8, 4) is 0 Å². The highest BCUT2D eigenvalue weighted by atomic mass is 32.1. The maximum atomic E-state index is 13.3. The average Bonchev–Trinajstić information content (AvgIpc) is 3.56. The van der Waals surface area contributed by atoms with Gasteiger partial charge >= 0.3 is 12.1 Å². The number of esters is 1. The molecular weight excluding hydrogens is 582 g/mol. The van der Waals surface area contributed by atoms with Crippen LogP contribution in [0, 0.1) is 18.7 Å². The molecule has 1 saturated heterocycles. The molecule has 4 rings (SSSR count). The molecule has 0 bridgehead atoms. The van der Waals surface area contributed by atoms with Gasteiger partial charge in [-0.15, -0.1) is 11.3 Å². The Morgan fingerprint density at radius 3 is 2.40 bits per heavy atom. The van der Waals surface area contributed by atoms with E-state index >= 15 is 0 Å². The number of rotatable bonds is 9. The van der Waals surface area contributed by atoms with Crippen LogP contribution in [0.25, 0.3) is 0 Å². The van der Waals surface area contributed by atoms with Crippen molar-refractivity contribution in [2.75, 3.05) is 25.0 Å². The van der Waals surface area contributed by atoms with Gasteiger partial charge in [0.25, 0.3) is 0 Å². The third kappa shape index (κ3) is 7.19. The molecule has 2 aromatic heterocycles. The monoisotopic (exact) mass is 609 g/mol. The number of carbonyl (C=O) groups excluding carboxylic acids is 4. The Kier molecular flexibility index (Phi) is 9.39. The highest BCUT2D eigenvalue weighted by Gasteiger charge is 2.37. The topological polar surface area (TPSA) is 123 Å². The van der Waals surface area contributed by atoms with Crippen molar-refractivity contribution >= 4 is 40.7 Å². The predicted molar refractivity (Wildman–Crippen MR) is 142 cm³/mol. The van der Waals surface area contributed by atoms with E-state index in [0.29, 0.717) is 30.9 Å². The van der Waals surface area contributed by atoms with Gasteiger partial charge in [-0.1, -0.05) is 0 Å². The molecule has 1 aliphatic heterocycles. The number of hydrogen-bond acceptors (Lipinski definition) is 8. The van der Waals surface area contributed by atoms with Crippen LogP contribution in [0.1, 0.15) is 52.4 Å². The predicted octanol–water partition coefficient (Wildman–Crippen LogP) is 4.21. The van der Waals surface area contributed by atoms with E-state index in [0.717, 1.165) is 22.9 Å². The SMILES string of the molecule is CCOC(=O)C(C(=O)Nc1csc(C2CCN(C(=O)Cn3nc(C(F)(F)F)cc3C)CC2)n1)C(=O)c1ccc(F)cc1. The third-order valence-corrected chi connectivity index (χ3v) is 7.71. The first kappa shape index (κ1) is 30.8. The number of nitrogens with zero attached hydrogens (tertiary/aromatic N) is 4. The van der Waals surface area contributed by atoms with Crippen LogP contribution in [0.2, 0.25) is 0 Å². The lowest BCUT2D eigenvalue weighted by molar-refractivity contribution is -0.148. The zero-order chi connectivity index (χ0) is 30.6. The second-order valence-corrected chi connectivity index (χ2v) is 10.5. The number of carbonyl (C=O) groups is 4. The minimum absolute atomic E-state index is 0.0339. The number of ketones is 1. The number of nitrogens with one attached hydrogen (secondary N) is 1. The fourth-order valence-corrected chi connectivity index (χ4v) is 5.41. The van der Waals surface area contributed by atoms with E-state index < -0.39 is 41.3 Å². The number of alkyl halides is 3. The maximum absolute atomic E-state index is 13.3. The van der Waals surface area contributed by atoms with Gasteiger partial charge in [-0.25, -0.2) is 9.37 Å². The van der Waals surface area contributed by atoms with Crippen LogP contribution < -0.4 is 5.32 Å². The summed E-state index contributed by atoms with van der Waals surface area (Å²) in [5.41, 5.74) is -0.854. The van der Waals surface area contributed by atoms with Crippen molar-refractivity contribution in [2.45, 2.75) is 45.3 Å². The number of ether oxygens (including phenoxy) is 1. The molecule has 3 aromatic rings. The molecule has 2 amide bonds. The lowest BCUT2D eigenvalue weighted by Crippen LogP contribution is -2.40. The second-order valence-electron chi connectivity index (χ2n) is 9.60. The number of Topliss-reactive ketones (excluding diaryl/α,β-unsaturated/α-hetero) is 1. The Morgan fingerprint density at radius 2 is 1.81 bits per heavy atom. The Labute approximate surface area is 241 Å². The van der Waals surface area contributed by atoms with E-state index in [9.17, 15) is 36.7 Å². The molecule has 1 aromatic carbocycles. The Morgan fingerprint density at radius 1 is 1.14 bits per heavy atom. The minimum Gasteiger partial charge on any atom is -0.465 e. The smallest absolute Gasteiger partial charge is 0.435 e. The largest absolute Gasteiger partial charge is 0.465 e. The van der Waals surface area contributed by atoms with E-state index in [1.165, 1.54) is 37.3 Å². The number of hydrogen-bond donors (Lipinski definition) is 1. The highest BCUT2D eigenvalue weighted by molar-refractivity contribution is 7.10. The van der Waals surface area contributed by atoms with Crippen LogP contribution >= 0.6 is 11.3 Å². The molecule has 0 saturated carbocycles. The summed E-state index contributed by atoms with van der Waals surface area (Å²) in [6.07, 6.45) is -3.53.